The predicted molar refractivity (Wildman–Crippen MR) is 47.1 cm³/mol. The van der Waals surface area contributed by atoms with Crippen LogP contribution in [0, 0.1) is 11.3 Å². The molecule has 0 amide bonds. The molecule has 0 aliphatic heterocycles. The van der Waals surface area contributed by atoms with Crippen LogP contribution in [0.3, 0.4) is 0 Å². The fourth-order valence-corrected chi connectivity index (χ4v) is 1.41. The highest BCUT2D eigenvalue weighted by Gasteiger charge is 2.39. The van der Waals surface area contributed by atoms with Gasteiger partial charge in [0.2, 0.25) is 0 Å². The average molecular weight is 269 g/mol. The van der Waals surface area contributed by atoms with Crippen molar-refractivity contribution >= 4 is 0 Å². The first-order valence-electron chi connectivity index (χ1n) is 4.43. The lowest BCUT2D eigenvalue weighted by atomic mass is 9.97. The molecule has 0 heterocycles. The van der Waals surface area contributed by atoms with E-state index in [2.05, 4.69) is 0 Å². The number of aliphatic hydroxyl groups is 1. The van der Waals surface area contributed by atoms with Crippen molar-refractivity contribution in [1.29, 1.82) is 5.26 Å². The summed E-state index contributed by atoms with van der Waals surface area (Å²) in [6.07, 6.45) is -9.90. The van der Waals surface area contributed by atoms with E-state index in [9.17, 15) is 26.3 Å². The van der Waals surface area contributed by atoms with Crippen molar-refractivity contribution in [3.8, 4) is 6.07 Å². The first kappa shape index (κ1) is 14.3. The summed E-state index contributed by atoms with van der Waals surface area (Å²) in [6, 6.07) is 1.36. The molecule has 0 aliphatic carbocycles. The number of hydrogen-bond donors (Lipinski definition) is 1. The molecule has 0 unspecified atom stereocenters. The number of hydrogen-bond acceptors (Lipinski definition) is 2. The molecule has 98 valence electrons. The van der Waals surface area contributed by atoms with E-state index in [0.29, 0.717) is 0 Å². The summed E-state index contributed by atoms with van der Waals surface area (Å²) in [5, 5.41) is 17.2. The van der Waals surface area contributed by atoms with Gasteiger partial charge >= 0.3 is 12.4 Å². The van der Waals surface area contributed by atoms with E-state index in [0.717, 1.165) is 6.07 Å². The lowest BCUT2D eigenvalue weighted by molar-refractivity contribution is -0.142. The summed E-state index contributed by atoms with van der Waals surface area (Å²) in [5.41, 5.74) is -5.09. The number of alkyl halides is 6. The zero-order valence-electron chi connectivity index (χ0n) is 8.52. The quantitative estimate of drug-likeness (QED) is 0.796. The fraction of sp³-hybridized carbons (Fsp3) is 0.300. The third kappa shape index (κ3) is 2.73. The van der Waals surface area contributed by atoms with E-state index >= 15 is 0 Å². The van der Waals surface area contributed by atoms with Crippen molar-refractivity contribution < 1.29 is 31.4 Å². The summed E-state index contributed by atoms with van der Waals surface area (Å²) in [5.74, 6) is 0. The standard InChI is InChI=1S/C10H5F6NO/c11-9(12,13)7-1-5(3-17)8(10(14,15)16)6(2-7)4-18/h1-2,18H,4H2. The Hall–Kier alpha value is -1.75. The molecule has 0 saturated heterocycles. The molecule has 0 radical (unpaired) electrons. The highest BCUT2D eigenvalue weighted by molar-refractivity contribution is 5.48. The number of nitrogens with zero attached hydrogens (tertiary/aromatic N) is 1. The first-order chi connectivity index (χ1) is 8.11. The lowest BCUT2D eigenvalue weighted by Crippen LogP contribution is -2.15. The maximum atomic E-state index is 12.6. The van der Waals surface area contributed by atoms with Crippen molar-refractivity contribution in [2.24, 2.45) is 0 Å². The molecule has 0 bridgehead atoms. The summed E-state index contributed by atoms with van der Waals surface area (Å²) in [6.45, 7) is -1.24. The van der Waals surface area contributed by atoms with Crippen LogP contribution in [-0.2, 0) is 19.0 Å². The molecule has 0 saturated carbocycles. The van der Waals surface area contributed by atoms with Gasteiger partial charge in [-0.3, -0.25) is 0 Å². The van der Waals surface area contributed by atoms with Gasteiger partial charge in [0.15, 0.2) is 0 Å². The Morgan fingerprint density at radius 2 is 1.61 bits per heavy atom. The molecule has 0 spiro atoms. The molecule has 18 heavy (non-hydrogen) atoms. The molecular weight excluding hydrogens is 264 g/mol. The monoisotopic (exact) mass is 269 g/mol. The van der Waals surface area contributed by atoms with Gasteiger partial charge in [0.1, 0.15) is 0 Å². The van der Waals surface area contributed by atoms with Gasteiger partial charge in [-0.15, -0.1) is 0 Å². The zero-order chi connectivity index (χ0) is 14.1. The topological polar surface area (TPSA) is 44.0 Å². The largest absolute Gasteiger partial charge is 0.418 e. The van der Waals surface area contributed by atoms with E-state index < -0.39 is 41.2 Å². The highest BCUT2D eigenvalue weighted by Crippen LogP contribution is 2.38. The molecule has 1 N–H and O–H groups in total. The van der Waals surface area contributed by atoms with Crippen molar-refractivity contribution in [2.75, 3.05) is 0 Å². The van der Waals surface area contributed by atoms with Crippen LogP contribution in [0.2, 0.25) is 0 Å². The molecule has 0 atom stereocenters. The average Bonchev–Trinajstić information content (AvgIpc) is 2.24. The van der Waals surface area contributed by atoms with E-state index in [1.165, 1.54) is 0 Å². The SMILES string of the molecule is N#Cc1cc(C(F)(F)F)cc(CO)c1C(F)(F)F. The van der Waals surface area contributed by atoms with Crippen LogP contribution in [0.25, 0.3) is 0 Å². The number of aliphatic hydroxyl groups excluding tert-OH is 1. The summed E-state index contributed by atoms with van der Waals surface area (Å²) in [7, 11) is 0. The van der Waals surface area contributed by atoms with Crippen LogP contribution in [0.15, 0.2) is 12.1 Å². The number of nitriles is 1. The third-order valence-electron chi connectivity index (χ3n) is 2.12. The minimum Gasteiger partial charge on any atom is -0.392 e. The molecule has 2 nitrogen and oxygen atoms in total. The van der Waals surface area contributed by atoms with Gasteiger partial charge in [0.05, 0.1) is 29.4 Å². The zero-order valence-corrected chi connectivity index (χ0v) is 8.52. The Morgan fingerprint density at radius 1 is 1.06 bits per heavy atom. The van der Waals surface area contributed by atoms with Crippen LogP contribution in [-0.4, -0.2) is 5.11 Å². The van der Waals surface area contributed by atoms with Crippen molar-refractivity contribution in [3.05, 3.63) is 34.4 Å². The Morgan fingerprint density at radius 3 is 1.94 bits per heavy atom. The predicted octanol–water partition coefficient (Wildman–Crippen LogP) is 3.09. The van der Waals surface area contributed by atoms with Crippen molar-refractivity contribution in [3.63, 3.8) is 0 Å². The number of rotatable bonds is 1. The van der Waals surface area contributed by atoms with Gasteiger partial charge in [0, 0.05) is 0 Å². The lowest BCUT2D eigenvalue weighted by Gasteiger charge is -2.16. The van der Waals surface area contributed by atoms with Gasteiger partial charge in [0.25, 0.3) is 0 Å². The first-order valence-corrected chi connectivity index (χ1v) is 4.43. The van der Waals surface area contributed by atoms with Gasteiger partial charge in [-0.1, -0.05) is 0 Å². The van der Waals surface area contributed by atoms with Crippen LogP contribution < -0.4 is 0 Å². The van der Waals surface area contributed by atoms with Crippen LogP contribution in [0.5, 0.6) is 0 Å². The Labute approximate surface area is 97.1 Å². The van der Waals surface area contributed by atoms with E-state index in [-0.39, 0.29) is 12.1 Å². The number of halogens is 6. The second kappa shape index (κ2) is 4.49. The molecule has 8 heteroatoms. The van der Waals surface area contributed by atoms with Crippen LogP contribution in [0.4, 0.5) is 26.3 Å². The Balaban J connectivity index is 3.62. The maximum absolute atomic E-state index is 12.6. The van der Waals surface area contributed by atoms with Crippen LogP contribution in [0.1, 0.15) is 22.3 Å². The molecule has 0 aromatic heterocycles. The van der Waals surface area contributed by atoms with Gasteiger partial charge < -0.3 is 5.11 Å². The molecule has 1 aromatic rings. The van der Waals surface area contributed by atoms with Crippen LogP contribution >= 0.6 is 0 Å². The minimum absolute atomic E-state index is 0.113. The minimum atomic E-state index is -5.01. The molecule has 0 fully saturated rings. The normalized spacial score (nSPS) is 12.3. The fourth-order valence-electron chi connectivity index (χ4n) is 1.41. The van der Waals surface area contributed by atoms with Crippen molar-refractivity contribution in [1.82, 2.24) is 0 Å². The molecule has 1 aromatic carbocycles. The number of benzene rings is 1. The molecule has 1 rings (SSSR count). The van der Waals surface area contributed by atoms with Gasteiger partial charge in [-0.05, 0) is 17.7 Å². The van der Waals surface area contributed by atoms with E-state index in [4.69, 9.17) is 10.4 Å². The third-order valence-corrected chi connectivity index (χ3v) is 2.12. The Kier molecular flexibility index (Phi) is 3.57. The van der Waals surface area contributed by atoms with Gasteiger partial charge in [-0.2, -0.15) is 31.6 Å². The second-order valence-electron chi connectivity index (χ2n) is 3.32. The summed E-state index contributed by atoms with van der Waals surface area (Å²) in [4.78, 5) is 0. The smallest absolute Gasteiger partial charge is 0.392 e. The van der Waals surface area contributed by atoms with Gasteiger partial charge in [-0.25, -0.2) is 0 Å². The summed E-state index contributed by atoms with van der Waals surface area (Å²) >= 11 is 0. The van der Waals surface area contributed by atoms with E-state index in [1.54, 1.807) is 0 Å². The highest BCUT2D eigenvalue weighted by atomic mass is 19.4. The molecule has 0 aliphatic rings. The van der Waals surface area contributed by atoms with Crippen molar-refractivity contribution in [2.45, 2.75) is 19.0 Å². The second-order valence-corrected chi connectivity index (χ2v) is 3.32. The Bertz CT molecular complexity index is 497. The maximum Gasteiger partial charge on any atom is 0.418 e. The summed E-state index contributed by atoms with van der Waals surface area (Å²) < 4.78 is 74.8. The molecular formula is C10H5F6NO. The van der Waals surface area contributed by atoms with E-state index in [1.807, 2.05) is 0 Å².